The van der Waals surface area contributed by atoms with Gasteiger partial charge in [0.05, 0.1) is 9.01 Å². The standard InChI is InChI=1S/C19H11Br2N3O3S/c1-10(25)27-16-12(7-13(20)9-14(16)21)8-15-18(26)24-19(28-15)22-17(23-24)11-5-3-2-4-6-11/h2-9H,1H3/b15-8-. The lowest BCUT2D eigenvalue weighted by molar-refractivity contribution is -0.131. The summed E-state index contributed by atoms with van der Waals surface area (Å²) >= 11 is 8.03. The fourth-order valence-corrected chi connectivity index (χ4v) is 4.86. The van der Waals surface area contributed by atoms with Gasteiger partial charge >= 0.3 is 5.97 Å². The fourth-order valence-electron chi connectivity index (χ4n) is 2.62. The van der Waals surface area contributed by atoms with Crippen molar-refractivity contribution in [2.24, 2.45) is 0 Å². The Morgan fingerprint density at radius 1 is 1.21 bits per heavy atom. The largest absolute Gasteiger partial charge is 0.425 e. The normalized spacial score (nSPS) is 11.9. The average Bonchev–Trinajstić information content (AvgIpc) is 3.19. The number of halogens is 2. The highest BCUT2D eigenvalue weighted by molar-refractivity contribution is 9.11. The van der Waals surface area contributed by atoms with Gasteiger partial charge in [-0.25, -0.2) is 0 Å². The Morgan fingerprint density at radius 2 is 1.96 bits per heavy atom. The molecular formula is C19H11Br2N3O3S. The van der Waals surface area contributed by atoms with Crippen LogP contribution in [0.2, 0.25) is 0 Å². The average molecular weight is 521 g/mol. The summed E-state index contributed by atoms with van der Waals surface area (Å²) in [4.78, 5) is 29.2. The number of nitrogens with zero attached hydrogens (tertiary/aromatic N) is 3. The molecule has 28 heavy (non-hydrogen) atoms. The molecule has 0 saturated carbocycles. The highest BCUT2D eigenvalue weighted by Crippen LogP contribution is 2.33. The molecule has 6 nitrogen and oxygen atoms in total. The molecule has 0 unspecified atom stereocenters. The topological polar surface area (TPSA) is 73.6 Å². The third-order valence-electron chi connectivity index (χ3n) is 3.78. The van der Waals surface area contributed by atoms with Crippen LogP contribution >= 0.6 is 43.2 Å². The number of fused-ring (bicyclic) bond motifs is 1. The Balaban J connectivity index is 1.85. The van der Waals surface area contributed by atoms with Crippen molar-refractivity contribution in [3.8, 4) is 17.1 Å². The van der Waals surface area contributed by atoms with Gasteiger partial charge in [0.15, 0.2) is 11.6 Å². The number of ether oxygens (including phenoxy) is 1. The molecule has 0 aliphatic heterocycles. The number of esters is 1. The summed E-state index contributed by atoms with van der Waals surface area (Å²) in [5, 5.41) is 4.33. The molecule has 0 saturated heterocycles. The predicted molar refractivity (Wildman–Crippen MR) is 115 cm³/mol. The smallest absolute Gasteiger partial charge is 0.308 e. The van der Waals surface area contributed by atoms with Gasteiger partial charge in [-0.05, 0) is 34.1 Å². The van der Waals surface area contributed by atoms with Crippen molar-refractivity contribution in [3.05, 3.63) is 71.9 Å². The molecule has 2 aromatic heterocycles. The zero-order chi connectivity index (χ0) is 19.8. The number of hydrogen-bond acceptors (Lipinski definition) is 6. The highest BCUT2D eigenvalue weighted by atomic mass is 79.9. The number of aromatic nitrogens is 3. The van der Waals surface area contributed by atoms with Gasteiger partial charge in [0.25, 0.3) is 5.56 Å². The first-order chi connectivity index (χ1) is 13.4. The first kappa shape index (κ1) is 19.0. The van der Waals surface area contributed by atoms with Crippen LogP contribution in [-0.2, 0) is 4.79 Å². The summed E-state index contributed by atoms with van der Waals surface area (Å²) in [6.45, 7) is 1.32. The van der Waals surface area contributed by atoms with Crippen LogP contribution in [0.5, 0.6) is 5.75 Å². The van der Waals surface area contributed by atoms with Crippen LogP contribution in [0.1, 0.15) is 12.5 Å². The van der Waals surface area contributed by atoms with E-state index in [0.29, 0.717) is 31.1 Å². The molecule has 0 bridgehead atoms. The summed E-state index contributed by atoms with van der Waals surface area (Å²) in [6, 6.07) is 13.0. The molecule has 9 heteroatoms. The number of rotatable bonds is 3. The Bertz CT molecular complexity index is 1320. The molecule has 4 rings (SSSR count). The van der Waals surface area contributed by atoms with Gasteiger partial charge in [0, 0.05) is 22.5 Å². The van der Waals surface area contributed by atoms with E-state index in [0.717, 1.165) is 10.0 Å². The number of thiazole rings is 1. The fraction of sp³-hybridized carbons (Fsp3) is 0.0526. The first-order valence-electron chi connectivity index (χ1n) is 8.06. The maximum absolute atomic E-state index is 12.8. The van der Waals surface area contributed by atoms with Gasteiger partial charge in [-0.2, -0.15) is 9.50 Å². The minimum atomic E-state index is -0.449. The Kier molecular flexibility index (Phi) is 5.13. The van der Waals surface area contributed by atoms with Crippen LogP contribution in [0.3, 0.4) is 0 Å². The van der Waals surface area contributed by atoms with Gasteiger partial charge in [-0.1, -0.05) is 57.6 Å². The number of hydrogen-bond donors (Lipinski definition) is 0. The summed E-state index contributed by atoms with van der Waals surface area (Å²) in [5.74, 6) is 0.399. The molecule has 0 spiro atoms. The first-order valence-corrected chi connectivity index (χ1v) is 10.5. The third kappa shape index (κ3) is 3.65. The second-order valence-electron chi connectivity index (χ2n) is 5.81. The van der Waals surface area contributed by atoms with Crippen LogP contribution in [0.4, 0.5) is 0 Å². The van der Waals surface area contributed by atoms with E-state index in [4.69, 9.17) is 4.74 Å². The summed E-state index contributed by atoms with van der Waals surface area (Å²) in [7, 11) is 0. The SMILES string of the molecule is CC(=O)Oc1c(Br)cc(Br)cc1/C=c1\sc2nc(-c3ccccc3)nn2c1=O. The molecular weight excluding hydrogens is 510 g/mol. The van der Waals surface area contributed by atoms with E-state index in [2.05, 4.69) is 41.9 Å². The van der Waals surface area contributed by atoms with E-state index in [9.17, 15) is 9.59 Å². The van der Waals surface area contributed by atoms with Gasteiger partial charge < -0.3 is 4.74 Å². The third-order valence-corrected chi connectivity index (χ3v) is 5.79. The molecule has 0 radical (unpaired) electrons. The van der Waals surface area contributed by atoms with Crippen LogP contribution in [0, 0.1) is 0 Å². The summed E-state index contributed by atoms with van der Waals surface area (Å²) < 4.78 is 8.41. The van der Waals surface area contributed by atoms with Crippen LogP contribution in [0.25, 0.3) is 22.4 Å². The molecule has 0 N–H and O–H groups in total. The Hall–Kier alpha value is -2.36. The lowest BCUT2D eigenvalue weighted by Crippen LogP contribution is -2.23. The van der Waals surface area contributed by atoms with Crippen molar-refractivity contribution in [1.82, 2.24) is 14.6 Å². The lowest BCUT2D eigenvalue weighted by atomic mass is 10.2. The van der Waals surface area contributed by atoms with Crippen LogP contribution in [-0.4, -0.2) is 20.6 Å². The molecule has 0 aliphatic rings. The van der Waals surface area contributed by atoms with Gasteiger partial charge in [0.1, 0.15) is 0 Å². The minimum absolute atomic E-state index is 0.278. The van der Waals surface area contributed by atoms with Gasteiger partial charge in [0.2, 0.25) is 4.96 Å². The van der Waals surface area contributed by atoms with Gasteiger partial charge in [-0.15, -0.1) is 5.10 Å². The van der Waals surface area contributed by atoms with E-state index in [1.54, 1.807) is 18.2 Å². The zero-order valence-corrected chi connectivity index (χ0v) is 18.3. The monoisotopic (exact) mass is 519 g/mol. The lowest BCUT2D eigenvalue weighted by Gasteiger charge is -2.08. The molecule has 2 aromatic carbocycles. The zero-order valence-electron chi connectivity index (χ0n) is 14.3. The van der Waals surface area contributed by atoms with Crippen LogP contribution in [0.15, 0.2) is 56.2 Å². The summed E-state index contributed by atoms with van der Waals surface area (Å²) in [5.41, 5.74) is 1.15. The molecule has 0 atom stereocenters. The molecule has 0 fully saturated rings. The number of benzene rings is 2. The molecule has 0 aliphatic carbocycles. The van der Waals surface area contributed by atoms with Crippen LogP contribution < -0.4 is 14.8 Å². The van der Waals surface area contributed by atoms with Crippen molar-refractivity contribution in [2.75, 3.05) is 0 Å². The minimum Gasteiger partial charge on any atom is -0.425 e. The van der Waals surface area contributed by atoms with Crippen molar-refractivity contribution in [2.45, 2.75) is 6.92 Å². The second-order valence-corrected chi connectivity index (χ2v) is 8.59. The van der Waals surface area contributed by atoms with E-state index < -0.39 is 5.97 Å². The van der Waals surface area contributed by atoms with E-state index in [1.807, 2.05) is 30.3 Å². The molecule has 140 valence electrons. The van der Waals surface area contributed by atoms with Gasteiger partial charge in [-0.3, -0.25) is 9.59 Å². The molecule has 4 aromatic rings. The van der Waals surface area contributed by atoms with Crippen molar-refractivity contribution < 1.29 is 9.53 Å². The van der Waals surface area contributed by atoms with Crippen molar-refractivity contribution >= 4 is 60.2 Å². The number of carbonyl (C=O) groups excluding carboxylic acids is 1. The van der Waals surface area contributed by atoms with E-state index in [-0.39, 0.29) is 5.56 Å². The maximum Gasteiger partial charge on any atom is 0.308 e. The predicted octanol–water partition coefficient (Wildman–Crippen LogP) is 3.82. The maximum atomic E-state index is 12.8. The van der Waals surface area contributed by atoms with Crippen molar-refractivity contribution in [1.29, 1.82) is 0 Å². The Morgan fingerprint density at radius 3 is 2.64 bits per heavy atom. The second kappa shape index (κ2) is 7.57. The summed E-state index contributed by atoms with van der Waals surface area (Å²) in [6.07, 6.45) is 1.67. The van der Waals surface area contributed by atoms with E-state index >= 15 is 0 Å². The molecule has 0 amide bonds. The molecule has 2 heterocycles. The number of carbonyl (C=O) groups is 1. The van der Waals surface area contributed by atoms with Crippen molar-refractivity contribution in [3.63, 3.8) is 0 Å². The highest BCUT2D eigenvalue weighted by Gasteiger charge is 2.14. The Labute approximate surface area is 179 Å². The van der Waals surface area contributed by atoms with E-state index in [1.165, 1.54) is 22.8 Å². The quantitative estimate of drug-likeness (QED) is 0.303.